The highest BCUT2D eigenvalue weighted by molar-refractivity contribution is 5.97. The molecule has 39 heteroatoms. The van der Waals surface area contributed by atoms with Gasteiger partial charge >= 0.3 is 35.8 Å². The standard InChI is InChI=1S/C39H15N27O12/c67-34(68)13-1-10(2-14(7-13)35(69)70)19-43-55-28(56-44-19)31-61-49-25(50-62-31)22-40-23(26-51-63-32(64-52-26)29-57-45-20(46-58-29)11-3-15(36(71)72)8-16(4-11)37(73)74)42-24(41-22)27-53-65-33(66-54-27)30-59-47-21(48-60-30)12-5-17(38(75)76)9-18(6-12)39(77)78/h1-9H,(H,67,68)(H,69,70)(H,71,72)(H,73,74)(H,75,76)(H,77,78). The second-order valence-electron chi connectivity index (χ2n) is 14.8. The first-order valence-corrected chi connectivity index (χ1v) is 20.6. The van der Waals surface area contributed by atoms with E-state index in [1.807, 2.05) is 0 Å². The lowest BCUT2D eigenvalue weighted by molar-refractivity contribution is 0.0676. The van der Waals surface area contributed by atoms with Gasteiger partial charge in [-0.15, -0.1) is 122 Å². The van der Waals surface area contributed by atoms with Gasteiger partial charge in [0.15, 0.2) is 0 Å². The number of carbonyl (C=O) groups is 6. The lowest BCUT2D eigenvalue weighted by atomic mass is 10.1. The number of hydrogen-bond acceptors (Lipinski definition) is 33. The SMILES string of the molecule is O=C(O)c1cc(C(=O)O)cc(-c2nnc(-c3nnc(-c4nc(-c5nnc(-c6nnc(-c7cc(C(=O)O)cc(C(=O)O)c7)nn6)nn5)nc(-c5nnc(-c6nnc(-c7cc(C(=O)O)cc(C(=O)O)c7)nn6)nn5)n4)nn3)nn2)c1. The molecule has 7 heterocycles. The van der Waals surface area contributed by atoms with E-state index in [9.17, 15) is 59.4 Å². The van der Waals surface area contributed by atoms with Crippen LogP contribution in [0.15, 0.2) is 54.6 Å². The number of carboxylic acids is 6. The number of benzene rings is 3. The van der Waals surface area contributed by atoms with Crippen LogP contribution in [0.2, 0.25) is 0 Å². The Hall–Kier alpha value is -12.9. The summed E-state index contributed by atoms with van der Waals surface area (Å²) in [4.78, 5) is 82.5. The van der Waals surface area contributed by atoms with Crippen LogP contribution in [-0.4, -0.2) is 204 Å². The van der Waals surface area contributed by atoms with Gasteiger partial charge in [0, 0.05) is 16.7 Å². The molecule has 0 radical (unpaired) electrons. The molecule has 3 aromatic carbocycles. The molecule has 0 bridgehead atoms. The van der Waals surface area contributed by atoms with Crippen molar-refractivity contribution in [2.24, 2.45) is 0 Å². The zero-order valence-electron chi connectivity index (χ0n) is 37.4. The van der Waals surface area contributed by atoms with E-state index in [2.05, 4.69) is 137 Å². The van der Waals surface area contributed by atoms with Gasteiger partial charge in [-0.25, -0.2) is 43.7 Å². The third-order valence-corrected chi connectivity index (χ3v) is 9.76. The number of rotatable bonds is 15. The monoisotopic (exact) mass is 1050 g/mol. The number of aromatic nitrogens is 27. The number of carboxylic acid groups (broad SMARTS) is 6. The molecule has 0 aliphatic heterocycles. The predicted molar refractivity (Wildman–Crippen MR) is 238 cm³/mol. The molecule has 0 unspecified atom stereocenters. The van der Waals surface area contributed by atoms with Crippen LogP contribution in [0.3, 0.4) is 0 Å². The fourth-order valence-corrected chi connectivity index (χ4v) is 6.21. The zero-order valence-corrected chi connectivity index (χ0v) is 37.4. The molecule has 378 valence electrons. The van der Waals surface area contributed by atoms with E-state index in [0.717, 1.165) is 54.6 Å². The zero-order chi connectivity index (χ0) is 54.8. The van der Waals surface area contributed by atoms with E-state index < -0.39 is 70.8 Å². The van der Waals surface area contributed by atoms with Gasteiger partial charge in [0.05, 0.1) is 33.4 Å². The van der Waals surface area contributed by atoms with Crippen molar-refractivity contribution in [2.75, 3.05) is 0 Å². The summed E-state index contributed by atoms with van der Waals surface area (Å²) in [5, 5.41) is 151. The van der Waals surface area contributed by atoms with Crippen LogP contribution in [0.25, 0.3) is 104 Å². The second kappa shape index (κ2) is 20.0. The molecule has 78 heavy (non-hydrogen) atoms. The van der Waals surface area contributed by atoms with Crippen molar-refractivity contribution >= 4 is 35.8 Å². The van der Waals surface area contributed by atoms with Crippen LogP contribution in [0, 0.1) is 0 Å². The van der Waals surface area contributed by atoms with Crippen LogP contribution in [0.4, 0.5) is 0 Å². The lowest BCUT2D eigenvalue weighted by Crippen LogP contribution is -2.11. The quantitative estimate of drug-likeness (QED) is 0.0683. The minimum absolute atomic E-state index is 0.0311. The molecule has 0 fully saturated rings. The molecule has 10 rings (SSSR count). The molecule has 39 nitrogen and oxygen atoms in total. The maximum absolute atomic E-state index is 11.6. The van der Waals surface area contributed by atoms with Crippen molar-refractivity contribution in [3.8, 4) is 104 Å². The van der Waals surface area contributed by atoms with E-state index >= 15 is 0 Å². The Bertz CT molecular complexity index is 3560. The Morgan fingerprint density at radius 3 is 0.462 bits per heavy atom. The summed E-state index contributed by atoms with van der Waals surface area (Å²) in [6.07, 6.45) is 0. The minimum atomic E-state index is -1.41. The van der Waals surface area contributed by atoms with Gasteiger partial charge in [0.1, 0.15) is 0 Å². The first-order chi connectivity index (χ1) is 37.5. The Morgan fingerprint density at radius 1 is 0.192 bits per heavy atom. The minimum Gasteiger partial charge on any atom is -0.478 e. The fraction of sp³-hybridized carbons (Fsp3) is 0. The number of hydrogen-bond donors (Lipinski definition) is 6. The highest BCUT2D eigenvalue weighted by Crippen LogP contribution is 2.24. The van der Waals surface area contributed by atoms with Crippen molar-refractivity contribution in [1.82, 2.24) is 137 Å². The van der Waals surface area contributed by atoms with Crippen molar-refractivity contribution in [3.63, 3.8) is 0 Å². The summed E-state index contributed by atoms with van der Waals surface area (Å²) in [5.74, 6) is -13.6. The first-order valence-electron chi connectivity index (χ1n) is 20.6. The molecule has 0 spiro atoms. The van der Waals surface area contributed by atoms with Crippen molar-refractivity contribution in [1.29, 1.82) is 0 Å². The summed E-state index contributed by atoms with van der Waals surface area (Å²) >= 11 is 0. The Morgan fingerprint density at radius 2 is 0.321 bits per heavy atom. The third-order valence-electron chi connectivity index (χ3n) is 9.76. The summed E-state index contributed by atoms with van der Waals surface area (Å²) < 4.78 is 0. The lowest BCUT2D eigenvalue weighted by Gasteiger charge is -2.05. The molecule has 6 N–H and O–H groups in total. The van der Waals surface area contributed by atoms with Crippen LogP contribution in [0.1, 0.15) is 62.1 Å². The summed E-state index contributed by atoms with van der Waals surface area (Å²) in [7, 11) is 0. The van der Waals surface area contributed by atoms with Gasteiger partial charge < -0.3 is 30.6 Å². The van der Waals surface area contributed by atoms with Gasteiger partial charge in [-0.3, -0.25) is 0 Å². The van der Waals surface area contributed by atoms with Crippen LogP contribution >= 0.6 is 0 Å². The number of aromatic carboxylic acids is 6. The van der Waals surface area contributed by atoms with Crippen LogP contribution in [-0.2, 0) is 0 Å². The van der Waals surface area contributed by atoms with Gasteiger partial charge in [-0.1, -0.05) is 0 Å². The highest BCUT2D eigenvalue weighted by Gasteiger charge is 2.24. The molecule has 0 atom stereocenters. The molecule has 0 aliphatic carbocycles. The average Bonchev–Trinajstić information content (AvgIpc) is 3.47. The van der Waals surface area contributed by atoms with E-state index in [4.69, 9.17) is 0 Å². The second-order valence-corrected chi connectivity index (χ2v) is 14.8. The highest BCUT2D eigenvalue weighted by atomic mass is 16.4. The van der Waals surface area contributed by atoms with Crippen molar-refractivity contribution < 1.29 is 59.4 Å². The van der Waals surface area contributed by atoms with E-state index in [0.29, 0.717) is 0 Å². The van der Waals surface area contributed by atoms with Crippen molar-refractivity contribution in [3.05, 3.63) is 88.0 Å². The van der Waals surface area contributed by atoms with Gasteiger partial charge in [0.25, 0.3) is 0 Å². The topological polar surface area (TPSA) is 572 Å². The molecule has 7 aromatic heterocycles. The van der Waals surface area contributed by atoms with Crippen LogP contribution in [0.5, 0.6) is 0 Å². The molecule has 0 saturated carbocycles. The third kappa shape index (κ3) is 10.1. The summed E-state index contributed by atoms with van der Waals surface area (Å²) in [5.41, 5.74) is -2.28. The maximum atomic E-state index is 11.6. The molecular weight excluding hydrogens is 1040 g/mol. The first kappa shape index (κ1) is 48.7. The average molecular weight is 1050 g/mol. The molecule has 0 saturated heterocycles. The summed E-state index contributed by atoms with van der Waals surface area (Å²) in [6, 6.07) is 9.52. The molecule has 0 aliphatic rings. The summed E-state index contributed by atoms with van der Waals surface area (Å²) in [6.45, 7) is 0. The molecule has 0 amide bonds. The largest absolute Gasteiger partial charge is 0.478 e. The van der Waals surface area contributed by atoms with Gasteiger partial charge in [-0.2, -0.15) is 0 Å². The van der Waals surface area contributed by atoms with E-state index in [1.165, 1.54) is 0 Å². The van der Waals surface area contributed by atoms with E-state index in [-0.39, 0.29) is 102 Å². The van der Waals surface area contributed by atoms with Crippen LogP contribution < -0.4 is 0 Å². The van der Waals surface area contributed by atoms with Gasteiger partial charge in [-0.05, 0) is 54.6 Å². The van der Waals surface area contributed by atoms with Gasteiger partial charge in [0.2, 0.25) is 87.4 Å². The normalized spacial score (nSPS) is 10.9. The Labute approximate surface area is 423 Å². The molecular formula is C39H15N27O12. The molecule has 10 aromatic rings. The smallest absolute Gasteiger partial charge is 0.335 e. The Kier molecular flexibility index (Phi) is 12.5. The predicted octanol–water partition coefficient (Wildman–Crippen LogP) is -1.46. The fourth-order valence-electron chi connectivity index (χ4n) is 6.21. The Balaban J connectivity index is 0.957. The van der Waals surface area contributed by atoms with Crippen molar-refractivity contribution in [2.45, 2.75) is 0 Å². The maximum Gasteiger partial charge on any atom is 0.335 e. The van der Waals surface area contributed by atoms with E-state index in [1.54, 1.807) is 0 Å². The number of nitrogens with zero attached hydrogens (tertiary/aromatic N) is 27.